The minimum absolute atomic E-state index is 0.234. The van der Waals surface area contributed by atoms with Gasteiger partial charge in [0.05, 0.1) is 6.54 Å². The first kappa shape index (κ1) is 8.72. The molecule has 1 saturated carbocycles. The van der Waals surface area contributed by atoms with Gasteiger partial charge in [-0.3, -0.25) is 4.79 Å². The molecule has 0 aromatic heterocycles. The number of ketones is 1. The number of hydrogen-bond donors (Lipinski definition) is 1. The molecule has 1 fully saturated rings. The first-order chi connectivity index (χ1) is 5.24. The summed E-state index contributed by atoms with van der Waals surface area (Å²) in [5, 5.41) is 0. The third-order valence-corrected chi connectivity index (χ3v) is 2.59. The Balaban J connectivity index is 2.39. The summed E-state index contributed by atoms with van der Waals surface area (Å²) in [7, 11) is 0. The predicted molar refractivity (Wildman–Crippen MR) is 45.2 cm³/mol. The molecule has 2 atom stereocenters. The SMILES string of the molecule is C[C@H]1CCC[C@@H](C(=O)CN)C1. The van der Waals surface area contributed by atoms with Crippen molar-refractivity contribution in [3.8, 4) is 0 Å². The summed E-state index contributed by atoms with van der Waals surface area (Å²) in [5.41, 5.74) is 5.30. The van der Waals surface area contributed by atoms with E-state index < -0.39 is 0 Å². The second-order valence-corrected chi connectivity index (χ2v) is 3.64. The van der Waals surface area contributed by atoms with Gasteiger partial charge in [0.1, 0.15) is 5.78 Å². The van der Waals surface area contributed by atoms with E-state index in [0.717, 1.165) is 18.8 Å². The Labute approximate surface area is 68.2 Å². The second-order valence-electron chi connectivity index (χ2n) is 3.64. The molecule has 0 amide bonds. The van der Waals surface area contributed by atoms with E-state index in [1.54, 1.807) is 0 Å². The molecule has 0 unspecified atom stereocenters. The van der Waals surface area contributed by atoms with E-state index in [9.17, 15) is 4.79 Å². The average molecular weight is 155 g/mol. The van der Waals surface area contributed by atoms with E-state index in [0.29, 0.717) is 0 Å². The van der Waals surface area contributed by atoms with Crippen molar-refractivity contribution in [1.82, 2.24) is 0 Å². The fourth-order valence-corrected chi connectivity index (χ4v) is 1.89. The standard InChI is InChI=1S/C9H17NO/c1-7-3-2-4-8(5-7)9(11)6-10/h7-8H,2-6,10H2,1H3/t7-,8+/m0/s1. The molecule has 1 rings (SSSR count). The van der Waals surface area contributed by atoms with Crippen molar-refractivity contribution in [2.24, 2.45) is 17.6 Å². The summed E-state index contributed by atoms with van der Waals surface area (Å²) in [4.78, 5) is 11.2. The van der Waals surface area contributed by atoms with Crippen LogP contribution in [-0.2, 0) is 4.79 Å². The van der Waals surface area contributed by atoms with Crippen LogP contribution in [0.2, 0.25) is 0 Å². The third kappa shape index (κ3) is 2.29. The highest BCUT2D eigenvalue weighted by Crippen LogP contribution is 2.28. The van der Waals surface area contributed by atoms with Crippen LogP contribution in [0.15, 0.2) is 0 Å². The van der Waals surface area contributed by atoms with Gasteiger partial charge in [-0.25, -0.2) is 0 Å². The maximum absolute atomic E-state index is 11.2. The van der Waals surface area contributed by atoms with Crippen molar-refractivity contribution >= 4 is 5.78 Å². The number of carbonyl (C=O) groups is 1. The lowest BCUT2D eigenvalue weighted by Crippen LogP contribution is -2.27. The zero-order valence-electron chi connectivity index (χ0n) is 7.18. The lowest BCUT2D eigenvalue weighted by molar-refractivity contribution is -0.122. The molecular formula is C9H17NO. The Kier molecular flexibility index (Phi) is 3.06. The molecule has 64 valence electrons. The van der Waals surface area contributed by atoms with E-state index >= 15 is 0 Å². The normalized spacial score (nSPS) is 31.8. The van der Waals surface area contributed by atoms with E-state index in [2.05, 4.69) is 6.92 Å². The van der Waals surface area contributed by atoms with Crippen LogP contribution in [0.1, 0.15) is 32.6 Å². The van der Waals surface area contributed by atoms with Crippen molar-refractivity contribution in [2.75, 3.05) is 6.54 Å². The Morgan fingerprint density at radius 3 is 2.82 bits per heavy atom. The molecule has 0 aromatic rings. The van der Waals surface area contributed by atoms with E-state index in [4.69, 9.17) is 5.73 Å². The maximum Gasteiger partial charge on any atom is 0.149 e. The van der Waals surface area contributed by atoms with Gasteiger partial charge in [0.25, 0.3) is 0 Å². The van der Waals surface area contributed by atoms with E-state index in [1.165, 1.54) is 12.8 Å². The molecule has 2 nitrogen and oxygen atoms in total. The van der Waals surface area contributed by atoms with Crippen LogP contribution >= 0.6 is 0 Å². The van der Waals surface area contributed by atoms with Gasteiger partial charge >= 0.3 is 0 Å². The van der Waals surface area contributed by atoms with Gasteiger partial charge in [-0.15, -0.1) is 0 Å². The molecule has 0 aliphatic heterocycles. The lowest BCUT2D eigenvalue weighted by atomic mass is 9.80. The van der Waals surface area contributed by atoms with Gasteiger partial charge in [0.15, 0.2) is 0 Å². The van der Waals surface area contributed by atoms with Crippen LogP contribution in [-0.4, -0.2) is 12.3 Å². The Bertz CT molecular complexity index is 144. The van der Waals surface area contributed by atoms with Gasteiger partial charge < -0.3 is 5.73 Å². The Morgan fingerprint density at radius 1 is 1.55 bits per heavy atom. The number of nitrogens with two attached hydrogens (primary N) is 1. The van der Waals surface area contributed by atoms with Crippen molar-refractivity contribution < 1.29 is 4.79 Å². The summed E-state index contributed by atoms with van der Waals surface area (Å²) < 4.78 is 0. The molecule has 0 saturated heterocycles. The topological polar surface area (TPSA) is 43.1 Å². The second kappa shape index (κ2) is 3.86. The van der Waals surface area contributed by atoms with Gasteiger partial charge in [-0.1, -0.05) is 19.8 Å². The molecule has 1 aliphatic carbocycles. The lowest BCUT2D eigenvalue weighted by Gasteiger charge is -2.24. The quantitative estimate of drug-likeness (QED) is 0.654. The first-order valence-corrected chi connectivity index (χ1v) is 4.46. The largest absolute Gasteiger partial charge is 0.324 e. The smallest absolute Gasteiger partial charge is 0.149 e. The van der Waals surface area contributed by atoms with Crippen molar-refractivity contribution in [3.63, 3.8) is 0 Å². The fraction of sp³-hybridized carbons (Fsp3) is 0.889. The summed E-state index contributed by atoms with van der Waals surface area (Å²) in [6, 6.07) is 0. The summed E-state index contributed by atoms with van der Waals surface area (Å²) >= 11 is 0. The van der Waals surface area contributed by atoms with Crippen molar-refractivity contribution in [1.29, 1.82) is 0 Å². The molecule has 0 spiro atoms. The summed E-state index contributed by atoms with van der Waals surface area (Å²) in [5.74, 6) is 1.27. The first-order valence-electron chi connectivity index (χ1n) is 4.46. The minimum Gasteiger partial charge on any atom is -0.324 e. The monoisotopic (exact) mass is 155 g/mol. The highest BCUT2D eigenvalue weighted by molar-refractivity contribution is 5.82. The minimum atomic E-state index is 0.234. The van der Waals surface area contributed by atoms with Gasteiger partial charge in [-0.2, -0.15) is 0 Å². The number of hydrogen-bond acceptors (Lipinski definition) is 2. The number of carbonyl (C=O) groups excluding carboxylic acids is 1. The maximum atomic E-state index is 11.2. The van der Waals surface area contributed by atoms with Gasteiger partial charge in [0.2, 0.25) is 0 Å². The highest BCUT2D eigenvalue weighted by atomic mass is 16.1. The molecule has 0 aromatic carbocycles. The predicted octanol–water partition coefficient (Wildman–Crippen LogP) is 1.34. The van der Waals surface area contributed by atoms with Crippen LogP contribution in [0.3, 0.4) is 0 Å². The van der Waals surface area contributed by atoms with Gasteiger partial charge in [-0.05, 0) is 18.8 Å². The van der Waals surface area contributed by atoms with Crippen LogP contribution in [0.4, 0.5) is 0 Å². The van der Waals surface area contributed by atoms with Crippen LogP contribution < -0.4 is 5.73 Å². The van der Waals surface area contributed by atoms with Gasteiger partial charge in [0, 0.05) is 5.92 Å². The Hall–Kier alpha value is -0.370. The molecule has 0 bridgehead atoms. The van der Waals surface area contributed by atoms with Crippen molar-refractivity contribution in [2.45, 2.75) is 32.6 Å². The molecule has 2 N–H and O–H groups in total. The zero-order chi connectivity index (χ0) is 8.27. The van der Waals surface area contributed by atoms with Crippen LogP contribution in [0, 0.1) is 11.8 Å². The van der Waals surface area contributed by atoms with E-state index in [-0.39, 0.29) is 18.2 Å². The molecule has 2 heteroatoms. The van der Waals surface area contributed by atoms with E-state index in [1.807, 2.05) is 0 Å². The molecule has 11 heavy (non-hydrogen) atoms. The zero-order valence-corrected chi connectivity index (χ0v) is 7.18. The molecule has 0 heterocycles. The van der Waals surface area contributed by atoms with Crippen LogP contribution in [0.5, 0.6) is 0 Å². The highest BCUT2D eigenvalue weighted by Gasteiger charge is 2.23. The fourth-order valence-electron chi connectivity index (χ4n) is 1.89. The summed E-state index contributed by atoms with van der Waals surface area (Å²) in [6.45, 7) is 2.45. The third-order valence-electron chi connectivity index (χ3n) is 2.59. The number of rotatable bonds is 2. The molecule has 0 radical (unpaired) electrons. The summed E-state index contributed by atoms with van der Waals surface area (Å²) in [6.07, 6.45) is 4.63. The Morgan fingerprint density at radius 2 is 2.27 bits per heavy atom. The van der Waals surface area contributed by atoms with Crippen molar-refractivity contribution in [3.05, 3.63) is 0 Å². The molecular weight excluding hydrogens is 138 g/mol. The molecule has 1 aliphatic rings. The van der Waals surface area contributed by atoms with Crippen LogP contribution in [0.25, 0.3) is 0 Å². The number of Topliss-reactive ketones (excluding diaryl/α,β-unsaturated/α-hetero) is 1. The average Bonchev–Trinajstić information content (AvgIpc) is 2.03.